The van der Waals surface area contributed by atoms with Crippen molar-refractivity contribution in [1.29, 1.82) is 0 Å². The van der Waals surface area contributed by atoms with Crippen molar-refractivity contribution in [3.05, 3.63) is 29.3 Å². The van der Waals surface area contributed by atoms with E-state index in [-0.39, 0.29) is 48.3 Å². The third kappa shape index (κ3) is 7.13. The maximum absolute atomic E-state index is 12.7. The van der Waals surface area contributed by atoms with Crippen LogP contribution in [-0.2, 0) is 14.3 Å². The van der Waals surface area contributed by atoms with Crippen molar-refractivity contribution in [2.75, 3.05) is 64.4 Å². The van der Waals surface area contributed by atoms with Crippen LogP contribution in [0.2, 0.25) is 5.02 Å². The van der Waals surface area contributed by atoms with E-state index in [1.165, 1.54) is 7.11 Å². The van der Waals surface area contributed by atoms with E-state index in [4.69, 9.17) is 16.3 Å². The van der Waals surface area contributed by atoms with Crippen molar-refractivity contribution in [2.45, 2.75) is 19.8 Å². The molecule has 8 nitrogen and oxygen atoms in total. The minimum atomic E-state index is -0.144. The van der Waals surface area contributed by atoms with E-state index in [1.807, 2.05) is 36.1 Å². The Labute approximate surface area is 212 Å². The van der Waals surface area contributed by atoms with Crippen LogP contribution in [0.5, 0.6) is 0 Å². The van der Waals surface area contributed by atoms with Crippen LogP contribution in [0.25, 0.3) is 0 Å². The number of likely N-dealkylation sites (tertiary alicyclic amines) is 1. The number of amides is 1. The Morgan fingerprint density at radius 2 is 1.69 bits per heavy atom. The van der Waals surface area contributed by atoms with Crippen molar-refractivity contribution >= 4 is 59.1 Å². The highest BCUT2D eigenvalue weighted by Crippen LogP contribution is 2.20. The van der Waals surface area contributed by atoms with Gasteiger partial charge in [-0.15, -0.1) is 24.0 Å². The largest absolute Gasteiger partial charge is 0.469 e. The average Bonchev–Trinajstić information content (AvgIpc) is 2.82. The summed E-state index contributed by atoms with van der Waals surface area (Å²) < 4.78 is 4.86. The van der Waals surface area contributed by atoms with Crippen molar-refractivity contribution in [2.24, 2.45) is 10.9 Å². The molecule has 0 saturated carbocycles. The Morgan fingerprint density at radius 3 is 2.25 bits per heavy atom. The predicted molar refractivity (Wildman–Crippen MR) is 138 cm³/mol. The van der Waals surface area contributed by atoms with Crippen molar-refractivity contribution < 1.29 is 14.3 Å². The molecular formula is C22H33ClIN5O3. The molecule has 0 aliphatic carbocycles. The summed E-state index contributed by atoms with van der Waals surface area (Å²) in [6.07, 6.45) is 1.47. The normalized spacial score (nSPS) is 17.6. The number of hydrogen-bond donors (Lipinski definition) is 1. The van der Waals surface area contributed by atoms with E-state index in [1.54, 1.807) is 0 Å². The molecule has 32 heavy (non-hydrogen) atoms. The van der Waals surface area contributed by atoms with Crippen LogP contribution in [0.4, 0.5) is 5.69 Å². The highest BCUT2D eigenvalue weighted by molar-refractivity contribution is 14.0. The van der Waals surface area contributed by atoms with Gasteiger partial charge in [-0.25, -0.2) is 4.99 Å². The van der Waals surface area contributed by atoms with Gasteiger partial charge in [0.05, 0.1) is 13.0 Å². The quantitative estimate of drug-likeness (QED) is 0.251. The van der Waals surface area contributed by atoms with Gasteiger partial charge in [0.25, 0.3) is 0 Å². The van der Waals surface area contributed by atoms with Gasteiger partial charge in [-0.2, -0.15) is 0 Å². The van der Waals surface area contributed by atoms with E-state index in [2.05, 4.69) is 20.1 Å². The van der Waals surface area contributed by atoms with Crippen LogP contribution in [0.15, 0.2) is 29.3 Å². The number of nitrogens with one attached hydrogen (secondary N) is 1. The number of benzene rings is 1. The van der Waals surface area contributed by atoms with E-state index < -0.39 is 0 Å². The molecule has 1 amide bonds. The first kappa shape index (κ1) is 26.5. The number of carbonyl (C=O) groups is 2. The van der Waals surface area contributed by atoms with Crippen molar-refractivity contribution in [1.82, 2.24) is 15.1 Å². The lowest BCUT2D eigenvalue weighted by molar-refractivity contribution is -0.146. The van der Waals surface area contributed by atoms with Gasteiger partial charge in [-0.1, -0.05) is 11.6 Å². The Morgan fingerprint density at radius 1 is 1.06 bits per heavy atom. The maximum atomic E-state index is 12.7. The molecule has 0 unspecified atom stereocenters. The molecule has 0 spiro atoms. The molecule has 0 bridgehead atoms. The van der Waals surface area contributed by atoms with Crippen LogP contribution in [0.1, 0.15) is 19.8 Å². The number of nitrogens with zero attached hydrogens (tertiary/aromatic N) is 4. The molecule has 2 saturated heterocycles. The summed E-state index contributed by atoms with van der Waals surface area (Å²) in [5.74, 6) is 0.576. The highest BCUT2D eigenvalue weighted by atomic mass is 127. The molecule has 2 fully saturated rings. The molecule has 178 valence electrons. The minimum absolute atomic E-state index is 0. The minimum Gasteiger partial charge on any atom is -0.469 e. The molecule has 3 rings (SSSR count). The number of piperidine rings is 1. The molecule has 2 aliphatic rings. The molecule has 1 aromatic rings. The summed E-state index contributed by atoms with van der Waals surface area (Å²) in [5, 5.41) is 4.00. The van der Waals surface area contributed by atoms with E-state index in [9.17, 15) is 9.59 Å². The summed E-state index contributed by atoms with van der Waals surface area (Å²) in [4.78, 5) is 35.3. The van der Waals surface area contributed by atoms with Crippen LogP contribution in [-0.4, -0.2) is 87.1 Å². The number of guanidine groups is 1. The Balaban J connectivity index is 0.00000363. The number of ether oxygens (including phenoxy) is 1. The van der Waals surface area contributed by atoms with Gasteiger partial charge in [0.15, 0.2) is 5.96 Å². The third-order valence-corrected chi connectivity index (χ3v) is 6.10. The van der Waals surface area contributed by atoms with Crippen LogP contribution < -0.4 is 10.2 Å². The summed E-state index contributed by atoms with van der Waals surface area (Å²) >= 11 is 5.97. The number of anilines is 1. The van der Waals surface area contributed by atoms with E-state index in [0.29, 0.717) is 13.1 Å². The van der Waals surface area contributed by atoms with Gasteiger partial charge in [0, 0.05) is 56.5 Å². The zero-order valence-electron chi connectivity index (χ0n) is 18.8. The topological polar surface area (TPSA) is 77.5 Å². The number of esters is 1. The highest BCUT2D eigenvalue weighted by Gasteiger charge is 2.27. The molecule has 0 aromatic heterocycles. The van der Waals surface area contributed by atoms with Crippen LogP contribution >= 0.6 is 35.6 Å². The van der Waals surface area contributed by atoms with Crippen LogP contribution in [0.3, 0.4) is 0 Å². The summed E-state index contributed by atoms with van der Waals surface area (Å²) in [7, 11) is 1.43. The van der Waals surface area contributed by atoms with Crippen molar-refractivity contribution in [3.8, 4) is 0 Å². The van der Waals surface area contributed by atoms with Gasteiger partial charge in [0.1, 0.15) is 6.54 Å². The monoisotopic (exact) mass is 577 g/mol. The fourth-order valence-electron chi connectivity index (χ4n) is 4.03. The van der Waals surface area contributed by atoms with Gasteiger partial charge in [0.2, 0.25) is 5.91 Å². The third-order valence-electron chi connectivity index (χ3n) is 5.85. The first-order chi connectivity index (χ1) is 15.0. The zero-order chi connectivity index (χ0) is 22.2. The van der Waals surface area contributed by atoms with E-state index in [0.717, 1.165) is 62.2 Å². The van der Waals surface area contributed by atoms with Crippen molar-refractivity contribution in [3.63, 3.8) is 0 Å². The van der Waals surface area contributed by atoms with Gasteiger partial charge in [-0.05, 0) is 44.0 Å². The number of piperazine rings is 1. The standard InChI is InChI=1S/C22H32ClN5O3.HI/c1-3-24-22(28-10-8-17(9-11-28)21(30)31-2)25-16-20(29)27-14-12-26(13-15-27)19-6-4-18(23)5-7-19;/h4-7,17H,3,8-16H2,1-2H3,(H,24,25);1H. The number of methoxy groups -OCH3 is 1. The lowest BCUT2D eigenvalue weighted by atomic mass is 9.97. The molecule has 0 atom stereocenters. The zero-order valence-corrected chi connectivity index (χ0v) is 21.8. The first-order valence-electron chi connectivity index (χ1n) is 10.9. The Bertz CT molecular complexity index is 776. The number of carbonyl (C=O) groups excluding carboxylic acids is 2. The summed E-state index contributed by atoms with van der Waals surface area (Å²) in [6, 6.07) is 7.80. The number of hydrogen-bond acceptors (Lipinski definition) is 5. The Hall–Kier alpha value is -1.75. The maximum Gasteiger partial charge on any atom is 0.308 e. The number of rotatable bonds is 5. The lowest BCUT2D eigenvalue weighted by Gasteiger charge is -2.36. The first-order valence-corrected chi connectivity index (χ1v) is 11.3. The summed E-state index contributed by atoms with van der Waals surface area (Å²) in [6.45, 7) is 7.24. The molecule has 10 heteroatoms. The molecule has 1 N–H and O–H groups in total. The van der Waals surface area contributed by atoms with Crippen LogP contribution in [0, 0.1) is 5.92 Å². The fourth-order valence-corrected chi connectivity index (χ4v) is 4.15. The van der Waals surface area contributed by atoms with Gasteiger partial charge < -0.3 is 24.8 Å². The fraction of sp³-hybridized carbons (Fsp3) is 0.591. The SMILES string of the molecule is CCNC(=NCC(=O)N1CCN(c2ccc(Cl)cc2)CC1)N1CCC(C(=O)OC)CC1.I. The molecule has 2 aliphatic heterocycles. The second-order valence-electron chi connectivity index (χ2n) is 7.80. The summed E-state index contributed by atoms with van der Waals surface area (Å²) in [5.41, 5.74) is 1.12. The van der Waals surface area contributed by atoms with Gasteiger partial charge in [-0.3, -0.25) is 9.59 Å². The predicted octanol–water partition coefficient (Wildman–Crippen LogP) is 2.46. The average molecular weight is 578 g/mol. The molecule has 2 heterocycles. The molecule has 1 aromatic carbocycles. The second kappa shape index (κ2) is 13.1. The number of halogens is 2. The lowest BCUT2D eigenvalue weighted by Crippen LogP contribution is -2.50. The van der Waals surface area contributed by atoms with E-state index >= 15 is 0 Å². The smallest absolute Gasteiger partial charge is 0.308 e. The molecule has 0 radical (unpaired) electrons. The second-order valence-corrected chi connectivity index (χ2v) is 8.24. The number of aliphatic imine (C=N–C) groups is 1. The Kier molecular flexibility index (Phi) is 10.8. The molecular weight excluding hydrogens is 545 g/mol. The van der Waals surface area contributed by atoms with Gasteiger partial charge >= 0.3 is 5.97 Å².